The first kappa shape index (κ1) is 31.8. The van der Waals surface area contributed by atoms with Gasteiger partial charge in [-0.05, 0) is 41.8 Å². The number of hydrogen-bond donors (Lipinski definition) is 1. The second kappa shape index (κ2) is 14.7. The molecule has 1 N–H and O–H groups in total. The van der Waals surface area contributed by atoms with E-state index in [2.05, 4.69) is 5.32 Å². The van der Waals surface area contributed by atoms with Crippen molar-refractivity contribution in [1.29, 1.82) is 0 Å². The van der Waals surface area contributed by atoms with Crippen LogP contribution in [-0.2, 0) is 32.6 Å². The summed E-state index contributed by atoms with van der Waals surface area (Å²) >= 11 is 6.08. The molecule has 11 heteroatoms. The molecule has 0 fully saturated rings. The molecule has 41 heavy (non-hydrogen) atoms. The van der Waals surface area contributed by atoms with Crippen molar-refractivity contribution in [1.82, 2.24) is 10.2 Å². The molecule has 3 aromatic rings. The lowest BCUT2D eigenvalue weighted by Crippen LogP contribution is -2.53. The topological polar surface area (TPSA) is 105 Å². The van der Waals surface area contributed by atoms with Crippen molar-refractivity contribution in [2.24, 2.45) is 0 Å². The molecule has 0 saturated carbocycles. The summed E-state index contributed by atoms with van der Waals surface area (Å²) in [4.78, 5) is 29.0. The maximum absolute atomic E-state index is 14.1. The molecule has 0 heterocycles. The maximum Gasteiger partial charge on any atom is 0.244 e. The fraction of sp³-hybridized carbons (Fsp3) is 0.333. The largest absolute Gasteiger partial charge is 0.493 e. The van der Waals surface area contributed by atoms with Gasteiger partial charge in [-0.3, -0.25) is 13.9 Å². The van der Waals surface area contributed by atoms with Crippen molar-refractivity contribution < 1.29 is 27.5 Å². The van der Waals surface area contributed by atoms with Gasteiger partial charge in [0.25, 0.3) is 0 Å². The van der Waals surface area contributed by atoms with E-state index in [1.54, 1.807) is 30.3 Å². The van der Waals surface area contributed by atoms with Crippen molar-refractivity contribution in [2.45, 2.75) is 32.4 Å². The molecule has 0 aromatic heterocycles. The molecule has 1 atom stereocenters. The molecule has 0 spiro atoms. The summed E-state index contributed by atoms with van der Waals surface area (Å²) in [6.07, 6.45) is 1.98. The summed E-state index contributed by atoms with van der Waals surface area (Å²) in [5, 5.41) is 3.44. The molecule has 3 aromatic carbocycles. The van der Waals surface area contributed by atoms with Crippen LogP contribution in [0, 0.1) is 0 Å². The predicted octanol–water partition coefficient (Wildman–Crippen LogP) is 4.29. The Morgan fingerprint density at radius 2 is 1.59 bits per heavy atom. The minimum absolute atomic E-state index is 0.0661. The minimum atomic E-state index is -3.92. The lowest BCUT2D eigenvalue weighted by molar-refractivity contribution is -0.140. The highest BCUT2D eigenvalue weighted by Gasteiger charge is 2.33. The second-order valence-electron chi connectivity index (χ2n) is 9.45. The molecule has 2 amide bonds. The van der Waals surface area contributed by atoms with Crippen molar-refractivity contribution in [3.05, 3.63) is 88.9 Å². The van der Waals surface area contributed by atoms with E-state index in [0.717, 1.165) is 28.1 Å². The zero-order valence-corrected chi connectivity index (χ0v) is 25.2. The molecule has 0 saturated heterocycles. The van der Waals surface area contributed by atoms with Crippen LogP contribution in [0.15, 0.2) is 72.8 Å². The van der Waals surface area contributed by atoms with Gasteiger partial charge in [0, 0.05) is 30.6 Å². The third-order valence-electron chi connectivity index (χ3n) is 6.42. The van der Waals surface area contributed by atoms with E-state index >= 15 is 0 Å². The molecule has 0 bridgehead atoms. The summed E-state index contributed by atoms with van der Waals surface area (Å²) in [5.41, 5.74) is 1.82. The van der Waals surface area contributed by atoms with E-state index in [-0.39, 0.29) is 24.6 Å². The SMILES string of the molecule is CCCNC(=O)[C@@H](Cc1ccccc1)N(Cc1ccc(Cl)cc1)C(=O)CN(c1ccc(OC)c(OC)c1)S(C)(=O)=O. The number of nitrogens with one attached hydrogen (secondary N) is 1. The summed E-state index contributed by atoms with van der Waals surface area (Å²) in [5.74, 6) is -0.149. The molecule has 0 aliphatic heterocycles. The van der Waals surface area contributed by atoms with Gasteiger partial charge in [-0.25, -0.2) is 8.42 Å². The molecular formula is C30H36ClN3O6S. The summed E-state index contributed by atoms with van der Waals surface area (Å²) in [6, 6.07) is 20.0. The predicted molar refractivity (Wildman–Crippen MR) is 161 cm³/mol. The normalized spacial score (nSPS) is 11.8. The molecule has 0 unspecified atom stereocenters. The van der Waals surface area contributed by atoms with Crippen LogP contribution in [0.3, 0.4) is 0 Å². The van der Waals surface area contributed by atoms with E-state index < -0.39 is 28.5 Å². The van der Waals surface area contributed by atoms with Crippen LogP contribution in [0.2, 0.25) is 5.02 Å². The Bertz CT molecular complexity index is 1420. The van der Waals surface area contributed by atoms with Gasteiger partial charge in [0.1, 0.15) is 12.6 Å². The lowest BCUT2D eigenvalue weighted by Gasteiger charge is -2.33. The molecule has 0 aliphatic carbocycles. The number of methoxy groups -OCH3 is 2. The average molecular weight is 602 g/mol. The van der Waals surface area contributed by atoms with Gasteiger partial charge in [0.05, 0.1) is 26.2 Å². The van der Waals surface area contributed by atoms with Crippen LogP contribution < -0.4 is 19.1 Å². The van der Waals surface area contributed by atoms with Crippen LogP contribution in [0.25, 0.3) is 0 Å². The van der Waals surface area contributed by atoms with E-state index in [1.807, 2.05) is 37.3 Å². The van der Waals surface area contributed by atoms with Crippen molar-refractivity contribution in [3.63, 3.8) is 0 Å². The van der Waals surface area contributed by atoms with Gasteiger partial charge in [-0.2, -0.15) is 0 Å². The fourth-order valence-corrected chi connectivity index (χ4v) is 5.27. The number of amides is 2. The van der Waals surface area contributed by atoms with E-state index in [4.69, 9.17) is 21.1 Å². The first-order valence-corrected chi connectivity index (χ1v) is 15.3. The van der Waals surface area contributed by atoms with Gasteiger partial charge in [-0.15, -0.1) is 0 Å². The van der Waals surface area contributed by atoms with Gasteiger partial charge in [-0.1, -0.05) is 61.0 Å². The average Bonchev–Trinajstić information content (AvgIpc) is 2.96. The number of nitrogens with zero attached hydrogens (tertiary/aromatic N) is 2. The van der Waals surface area contributed by atoms with Crippen LogP contribution in [-0.4, -0.2) is 64.7 Å². The highest BCUT2D eigenvalue weighted by Crippen LogP contribution is 2.32. The Balaban J connectivity index is 2.05. The zero-order chi connectivity index (χ0) is 30.0. The number of ether oxygens (including phenoxy) is 2. The smallest absolute Gasteiger partial charge is 0.244 e. The summed E-state index contributed by atoms with van der Waals surface area (Å²) in [7, 11) is -1.01. The quantitative estimate of drug-likeness (QED) is 0.296. The standard InChI is InChI=1S/C30H36ClN3O6S/c1-5-17-32-30(36)26(18-22-9-7-6-8-10-22)33(20-23-11-13-24(31)14-12-23)29(35)21-34(41(4,37)38)25-15-16-27(39-2)28(19-25)40-3/h6-16,19,26H,5,17-18,20-21H2,1-4H3,(H,32,36)/t26-/m1/s1. The third kappa shape index (κ3) is 8.86. The van der Waals surface area contributed by atoms with Gasteiger partial charge in [0.2, 0.25) is 21.8 Å². The third-order valence-corrected chi connectivity index (χ3v) is 7.81. The Morgan fingerprint density at radius 1 is 0.927 bits per heavy atom. The molecular weight excluding hydrogens is 566 g/mol. The number of hydrogen-bond acceptors (Lipinski definition) is 6. The number of benzene rings is 3. The number of rotatable bonds is 14. The van der Waals surface area contributed by atoms with Crippen LogP contribution in [0.1, 0.15) is 24.5 Å². The van der Waals surface area contributed by atoms with Crippen molar-refractivity contribution in [3.8, 4) is 11.5 Å². The van der Waals surface area contributed by atoms with Crippen LogP contribution in [0.5, 0.6) is 11.5 Å². The molecule has 3 rings (SSSR count). The summed E-state index contributed by atoms with van der Waals surface area (Å²) in [6.45, 7) is 1.91. The van der Waals surface area contributed by atoms with Gasteiger partial charge >= 0.3 is 0 Å². The van der Waals surface area contributed by atoms with Gasteiger partial charge in [0.15, 0.2) is 11.5 Å². The molecule has 9 nitrogen and oxygen atoms in total. The highest BCUT2D eigenvalue weighted by molar-refractivity contribution is 7.92. The van der Waals surface area contributed by atoms with E-state index in [0.29, 0.717) is 23.1 Å². The number of carbonyl (C=O) groups is 2. The first-order valence-electron chi connectivity index (χ1n) is 13.1. The Kier molecular flexibility index (Phi) is 11.4. The Hall–Kier alpha value is -3.76. The first-order chi connectivity index (χ1) is 19.6. The van der Waals surface area contributed by atoms with Crippen molar-refractivity contribution in [2.75, 3.05) is 37.9 Å². The Morgan fingerprint density at radius 3 is 2.17 bits per heavy atom. The Labute approximate surface area is 247 Å². The number of halogens is 1. The van der Waals surface area contributed by atoms with E-state index in [9.17, 15) is 18.0 Å². The maximum atomic E-state index is 14.1. The lowest BCUT2D eigenvalue weighted by atomic mass is 10.0. The number of carbonyl (C=O) groups excluding carboxylic acids is 2. The molecule has 0 radical (unpaired) electrons. The van der Waals surface area contributed by atoms with Gasteiger partial charge < -0.3 is 19.7 Å². The second-order valence-corrected chi connectivity index (χ2v) is 11.8. The zero-order valence-electron chi connectivity index (χ0n) is 23.7. The van der Waals surface area contributed by atoms with E-state index in [1.165, 1.54) is 31.3 Å². The molecule has 0 aliphatic rings. The van der Waals surface area contributed by atoms with Crippen molar-refractivity contribution >= 4 is 39.1 Å². The number of anilines is 1. The monoisotopic (exact) mass is 601 g/mol. The molecule has 220 valence electrons. The van der Waals surface area contributed by atoms with Crippen LogP contribution >= 0.6 is 11.6 Å². The highest BCUT2D eigenvalue weighted by atomic mass is 35.5. The van der Waals surface area contributed by atoms with Crippen LogP contribution in [0.4, 0.5) is 5.69 Å². The number of sulfonamides is 1. The minimum Gasteiger partial charge on any atom is -0.493 e. The summed E-state index contributed by atoms with van der Waals surface area (Å²) < 4.78 is 37.6. The fourth-order valence-electron chi connectivity index (χ4n) is 4.30.